The number of furan rings is 1. The molecule has 0 bridgehead atoms. The second-order valence-corrected chi connectivity index (χ2v) is 7.54. The summed E-state index contributed by atoms with van der Waals surface area (Å²) in [4.78, 5) is 25.0. The zero-order valence-corrected chi connectivity index (χ0v) is 15.9. The molecular weight excluding hydrogens is 368 g/mol. The number of esters is 2. The van der Waals surface area contributed by atoms with Crippen LogP contribution in [0.25, 0.3) is 28.2 Å². The first kappa shape index (κ1) is 17.7. The van der Waals surface area contributed by atoms with E-state index in [1.807, 2.05) is 48.5 Å². The van der Waals surface area contributed by atoms with Gasteiger partial charge in [-0.05, 0) is 35.7 Å². The van der Waals surface area contributed by atoms with Crippen molar-refractivity contribution < 1.29 is 23.5 Å². The third-order valence-corrected chi connectivity index (χ3v) is 5.58. The van der Waals surface area contributed by atoms with Crippen LogP contribution in [0.2, 0.25) is 0 Å². The zero-order chi connectivity index (χ0) is 19.8. The van der Waals surface area contributed by atoms with Crippen molar-refractivity contribution in [2.75, 3.05) is 0 Å². The van der Waals surface area contributed by atoms with Gasteiger partial charge in [0.25, 0.3) is 5.79 Å². The van der Waals surface area contributed by atoms with Gasteiger partial charge in [-0.15, -0.1) is 0 Å². The summed E-state index contributed by atoms with van der Waals surface area (Å²) < 4.78 is 17.0. The molecule has 0 N–H and O–H groups in total. The molecule has 1 saturated carbocycles. The van der Waals surface area contributed by atoms with Gasteiger partial charge in [-0.25, -0.2) is 9.59 Å². The fourth-order valence-corrected chi connectivity index (χ4v) is 4.12. The van der Waals surface area contributed by atoms with E-state index in [-0.39, 0.29) is 5.57 Å². The van der Waals surface area contributed by atoms with Gasteiger partial charge in [-0.2, -0.15) is 0 Å². The first-order chi connectivity index (χ1) is 14.1. The molecule has 3 aromatic rings. The Bertz CT molecular complexity index is 1100. The molecule has 0 atom stereocenters. The molecule has 2 heterocycles. The first-order valence-electron chi connectivity index (χ1n) is 9.90. The third kappa shape index (κ3) is 3.23. The van der Waals surface area contributed by atoms with E-state index in [1.165, 1.54) is 6.08 Å². The van der Waals surface area contributed by atoms with Crippen LogP contribution in [0.4, 0.5) is 0 Å². The van der Waals surface area contributed by atoms with Crippen molar-refractivity contribution in [2.24, 2.45) is 0 Å². The summed E-state index contributed by atoms with van der Waals surface area (Å²) in [5, 5.41) is 2.18. The molecule has 146 valence electrons. The van der Waals surface area contributed by atoms with Gasteiger partial charge >= 0.3 is 11.9 Å². The average molecular weight is 388 g/mol. The number of hydrogen-bond donors (Lipinski definition) is 0. The smallest absolute Gasteiger partial charge is 0.349 e. The van der Waals surface area contributed by atoms with Gasteiger partial charge in [-0.3, -0.25) is 0 Å². The average Bonchev–Trinajstić information content (AvgIpc) is 3.19. The summed E-state index contributed by atoms with van der Waals surface area (Å²) in [5.41, 5.74) is 0.808. The molecule has 2 aromatic carbocycles. The van der Waals surface area contributed by atoms with Gasteiger partial charge in [0.05, 0.1) is 0 Å². The SMILES string of the molecule is O=C1OC2(CCCCC2)OC(=O)C1=Cc1ccc(-c2cccc3ccccc23)o1. The maximum Gasteiger partial charge on any atom is 0.349 e. The lowest BCUT2D eigenvalue weighted by molar-refractivity contribution is -0.244. The molecule has 2 aliphatic rings. The Morgan fingerprint density at radius 2 is 1.52 bits per heavy atom. The zero-order valence-electron chi connectivity index (χ0n) is 15.9. The fraction of sp³-hybridized carbons (Fsp3) is 0.250. The Hall–Kier alpha value is -3.34. The van der Waals surface area contributed by atoms with Gasteiger partial charge in [-0.1, -0.05) is 48.9 Å². The maximum absolute atomic E-state index is 12.5. The number of hydrogen-bond acceptors (Lipinski definition) is 5. The summed E-state index contributed by atoms with van der Waals surface area (Å²) in [7, 11) is 0. The molecular formula is C24H20O5. The predicted octanol–water partition coefficient (Wildman–Crippen LogP) is 5.24. The van der Waals surface area contributed by atoms with Crippen LogP contribution in [0.5, 0.6) is 0 Å². The lowest BCUT2D eigenvalue weighted by atomic mass is 9.93. The second-order valence-electron chi connectivity index (χ2n) is 7.54. The van der Waals surface area contributed by atoms with Crippen LogP contribution in [-0.4, -0.2) is 17.7 Å². The second kappa shape index (κ2) is 6.92. The minimum absolute atomic E-state index is 0.139. The largest absolute Gasteiger partial charge is 0.457 e. The van der Waals surface area contributed by atoms with E-state index >= 15 is 0 Å². The van der Waals surface area contributed by atoms with E-state index in [2.05, 4.69) is 0 Å². The molecule has 1 aliphatic heterocycles. The van der Waals surface area contributed by atoms with E-state index in [1.54, 1.807) is 6.07 Å². The Morgan fingerprint density at radius 1 is 0.793 bits per heavy atom. The molecule has 1 aliphatic carbocycles. The lowest BCUT2D eigenvalue weighted by Gasteiger charge is -2.38. The van der Waals surface area contributed by atoms with Crippen molar-refractivity contribution in [2.45, 2.75) is 37.9 Å². The van der Waals surface area contributed by atoms with E-state index in [0.29, 0.717) is 24.4 Å². The Morgan fingerprint density at radius 3 is 2.31 bits per heavy atom. The highest BCUT2D eigenvalue weighted by atomic mass is 16.7. The highest BCUT2D eigenvalue weighted by molar-refractivity contribution is 6.18. The van der Waals surface area contributed by atoms with Crippen molar-refractivity contribution in [1.82, 2.24) is 0 Å². The molecule has 0 amide bonds. The molecule has 1 saturated heterocycles. The number of carbonyl (C=O) groups excluding carboxylic acids is 2. The molecule has 5 nitrogen and oxygen atoms in total. The van der Waals surface area contributed by atoms with Gasteiger partial charge < -0.3 is 13.9 Å². The highest BCUT2D eigenvalue weighted by Gasteiger charge is 2.46. The van der Waals surface area contributed by atoms with Crippen LogP contribution in [-0.2, 0) is 19.1 Å². The van der Waals surface area contributed by atoms with Crippen molar-refractivity contribution >= 4 is 28.8 Å². The number of fused-ring (bicyclic) bond motifs is 1. The van der Waals surface area contributed by atoms with E-state index in [4.69, 9.17) is 13.9 Å². The van der Waals surface area contributed by atoms with Gasteiger partial charge in [0.15, 0.2) is 0 Å². The molecule has 1 aromatic heterocycles. The van der Waals surface area contributed by atoms with Crippen LogP contribution in [0.15, 0.2) is 64.6 Å². The standard InChI is InChI=1S/C24H20O5/c25-22-20(23(26)29-24(28-22)13-4-1-5-14-24)15-17-11-12-21(27-17)19-10-6-8-16-7-2-3-9-18(16)19/h2-3,6-12,15H,1,4-5,13-14H2. The van der Waals surface area contributed by atoms with Crippen LogP contribution in [0.3, 0.4) is 0 Å². The molecule has 5 rings (SSSR count). The van der Waals surface area contributed by atoms with Crippen molar-refractivity contribution in [3.8, 4) is 11.3 Å². The topological polar surface area (TPSA) is 65.7 Å². The molecule has 1 spiro atoms. The Balaban J connectivity index is 1.44. The van der Waals surface area contributed by atoms with Gasteiger partial charge in [0, 0.05) is 24.5 Å². The number of benzene rings is 2. The van der Waals surface area contributed by atoms with E-state index < -0.39 is 17.7 Å². The minimum atomic E-state index is -1.08. The lowest BCUT2D eigenvalue weighted by Crippen LogP contribution is -2.47. The van der Waals surface area contributed by atoms with E-state index in [0.717, 1.165) is 35.6 Å². The van der Waals surface area contributed by atoms with E-state index in [9.17, 15) is 9.59 Å². The Labute approximate surface area is 167 Å². The summed E-state index contributed by atoms with van der Waals surface area (Å²) in [6.45, 7) is 0. The first-order valence-corrected chi connectivity index (χ1v) is 9.90. The predicted molar refractivity (Wildman–Crippen MR) is 108 cm³/mol. The highest BCUT2D eigenvalue weighted by Crippen LogP contribution is 2.37. The molecule has 0 radical (unpaired) electrons. The summed E-state index contributed by atoms with van der Waals surface area (Å²) in [6.07, 6.45) is 5.34. The quantitative estimate of drug-likeness (QED) is 0.341. The Kier molecular flexibility index (Phi) is 4.23. The van der Waals surface area contributed by atoms with Crippen molar-refractivity contribution in [3.05, 3.63) is 65.9 Å². The summed E-state index contributed by atoms with van der Waals surface area (Å²) in [5.74, 6) is -1.31. The maximum atomic E-state index is 12.5. The van der Waals surface area contributed by atoms with Crippen LogP contribution < -0.4 is 0 Å². The number of ether oxygens (including phenoxy) is 2. The van der Waals surface area contributed by atoms with Crippen LogP contribution in [0.1, 0.15) is 37.9 Å². The molecule has 5 heteroatoms. The van der Waals surface area contributed by atoms with Crippen molar-refractivity contribution in [3.63, 3.8) is 0 Å². The monoisotopic (exact) mass is 388 g/mol. The fourth-order valence-electron chi connectivity index (χ4n) is 4.12. The van der Waals surface area contributed by atoms with Gasteiger partial charge in [0.2, 0.25) is 0 Å². The minimum Gasteiger partial charge on any atom is -0.457 e. The normalized spacial score (nSPS) is 18.6. The van der Waals surface area contributed by atoms with Crippen LogP contribution >= 0.6 is 0 Å². The number of rotatable bonds is 2. The van der Waals surface area contributed by atoms with Crippen LogP contribution in [0, 0.1) is 0 Å². The molecule has 29 heavy (non-hydrogen) atoms. The summed E-state index contributed by atoms with van der Waals surface area (Å²) >= 11 is 0. The third-order valence-electron chi connectivity index (χ3n) is 5.58. The van der Waals surface area contributed by atoms with Crippen molar-refractivity contribution in [1.29, 1.82) is 0 Å². The molecule has 0 unspecified atom stereocenters. The number of carbonyl (C=O) groups is 2. The summed E-state index contributed by atoms with van der Waals surface area (Å²) in [6, 6.07) is 17.6. The molecule has 2 fully saturated rings. The van der Waals surface area contributed by atoms with Gasteiger partial charge in [0.1, 0.15) is 17.1 Å².